The van der Waals surface area contributed by atoms with Crippen molar-refractivity contribution in [3.8, 4) is 0 Å². The molecule has 73 heavy (non-hydrogen) atoms. The first kappa shape index (κ1) is 69.6. The highest BCUT2D eigenvalue weighted by atomic mass is 32.3. The molecular weight excluding hydrogens is 945 g/mol. The number of unbranched alkanes of at least 4 members (excludes halogenated alkanes) is 38. The number of aliphatic hydroxyl groups excluding tert-OH is 3. The highest BCUT2D eigenvalue weighted by molar-refractivity contribution is 7.80. The minimum absolute atomic E-state index is 0.0417. The van der Waals surface area contributed by atoms with Crippen molar-refractivity contribution in [3.05, 3.63) is 24.3 Å². The monoisotopic (exact) mass is 1060 g/mol. The second-order valence-electron chi connectivity index (χ2n) is 21.3. The summed E-state index contributed by atoms with van der Waals surface area (Å²) in [7, 11) is -5.07. The molecule has 0 radical (unpaired) electrons. The Morgan fingerprint density at radius 1 is 0.521 bits per heavy atom. The topological polar surface area (TPSA) is 178 Å². The summed E-state index contributed by atoms with van der Waals surface area (Å²) in [5.74, 6) is -0.393. The summed E-state index contributed by atoms with van der Waals surface area (Å²) in [5.41, 5.74) is 0. The van der Waals surface area contributed by atoms with Crippen LogP contribution in [0.3, 0.4) is 0 Å². The normalized spacial score (nSPS) is 18.9. The zero-order valence-electron chi connectivity index (χ0n) is 47.0. The van der Waals surface area contributed by atoms with Crippen molar-refractivity contribution in [3.63, 3.8) is 0 Å². The molecule has 0 bridgehead atoms. The molecular formula is C60H114O12S. The van der Waals surface area contributed by atoms with Gasteiger partial charge in [0.05, 0.1) is 19.8 Å². The third kappa shape index (κ3) is 44.3. The molecule has 0 aromatic rings. The number of carbonyl (C=O) groups is 1. The molecule has 0 aliphatic carbocycles. The molecule has 6 unspecified atom stereocenters. The second-order valence-corrected chi connectivity index (χ2v) is 22.4. The van der Waals surface area contributed by atoms with Gasteiger partial charge in [-0.05, 0) is 44.9 Å². The number of esters is 1. The minimum Gasteiger partial charge on any atom is -0.457 e. The first-order valence-corrected chi connectivity index (χ1v) is 32.0. The average Bonchev–Trinajstić information content (AvgIpc) is 3.37. The van der Waals surface area contributed by atoms with Crippen LogP contribution in [0.1, 0.15) is 290 Å². The van der Waals surface area contributed by atoms with Gasteiger partial charge in [-0.2, -0.15) is 8.42 Å². The van der Waals surface area contributed by atoms with E-state index in [0.29, 0.717) is 13.0 Å². The smallest absolute Gasteiger partial charge is 0.397 e. The summed E-state index contributed by atoms with van der Waals surface area (Å²) in [4.78, 5) is 13.0. The van der Waals surface area contributed by atoms with Gasteiger partial charge >= 0.3 is 16.4 Å². The molecule has 1 rings (SSSR count). The summed E-state index contributed by atoms with van der Waals surface area (Å²) in [6.07, 6.45) is 53.6. The summed E-state index contributed by atoms with van der Waals surface area (Å²) in [5, 5.41) is 30.9. The standard InChI is InChI=1S/C60H114O12S/c1-3-5-7-9-11-13-15-17-19-21-23-25-26-27-28-29-31-33-35-37-39-41-43-45-47-49-56(62)70-54(53-69-60-58(64)59(72-73(65,66)67)57(63)55(51-61)71-60)52-68-50-48-46-44-42-40-38-36-34-32-30-24-22-20-18-16-14-12-10-8-6-4-2/h15,17,21,23,54-55,57-61,63-64H,3-14,16,18-20,22,24-53H2,1-2H3,(H,65,66,67)/b17-15-,23-21-. The van der Waals surface area contributed by atoms with Crippen molar-refractivity contribution in [2.24, 2.45) is 0 Å². The summed E-state index contributed by atoms with van der Waals surface area (Å²) < 4.78 is 59.5. The Balaban J connectivity index is 2.26. The van der Waals surface area contributed by atoms with Crippen LogP contribution in [-0.2, 0) is 38.3 Å². The molecule has 0 amide bonds. The van der Waals surface area contributed by atoms with Crippen LogP contribution in [0.25, 0.3) is 0 Å². The molecule has 1 aliphatic heterocycles. The van der Waals surface area contributed by atoms with E-state index in [4.69, 9.17) is 18.9 Å². The van der Waals surface area contributed by atoms with Crippen molar-refractivity contribution in [2.45, 2.75) is 327 Å². The van der Waals surface area contributed by atoms with Crippen LogP contribution >= 0.6 is 0 Å². The quantitative estimate of drug-likeness (QED) is 0.0196. The Kier molecular flexibility index (Phi) is 48.9. The van der Waals surface area contributed by atoms with E-state index in [9.17, 15) is 33.1 Å². The van der Waals surface area contributed by atoms with Crippen molar-refractivity contribution in [2.75, 3.05) is 26.4 Å². The van der Waals surface area contributed by atoms with E-state index in [-0.39, 0.29) is 19.6 Å². The SMILES string of the molecule is CCCCCCC/C=C\C/C=C\CCCCCCCCCCCCCCCC(=O)OC(COCCCCCCCCCCCCCCCCCCCCCCC)COC1OC(CO)C(O)C(OS(=O)(=O)O)C1O. The molecule has 4 N–H and O–H groups in total. The third-order valence-corrected chi connectivity index (χ3v) is 14.8. The highest BCUT2D eigenvalue weighted by Crippen LogP contribution is 2.26. The average molecular weight is 1060 g/mol. The van der Waals surface area contributed by atoms with Gasteiger partial charge < -0.3 is 34.3 Å². The second kappa shape index (κ2) is 51.3. The zero-order chi connectivity index (χ0) is 53.1. The molecule has 1 aliphatic rings. The van der Waals surface area contributed by atoms with E-state index in [1.165, 1.54) is 218 Å². The largest absolute Gasteiger partial charge is 0.457 e. The Morgan fingerprint density at radius 3 is 1.30 bits per heavy atom. The summed E-state index contributed by atoms with van der Waals surface area (Å²) in [6.45, 7) is 4.05. The van der Waals surface area contributed by atoms with Gasteiger partial charge in [-0.25, -0.2) is 4.18 Å². The van der Waals surface area contributed by atoms with Crippen LogP contribution in [0, 0.1) is 0 Å². The summed E-state index contributed by atoms with van der Waals surface area (Å²) >= 11 is 0. The molecule has 0 aromatic carbocycles. The lowest BCUT2D eigenvalue weighted by Gasteiger charge is -2.41. The van der Waals surface area contributed by atoms with Crippen LogP contribution < -0.4 is 0 Å². The van der Waals surface area contributed by atoms with Gasteiger partial charge in [0.2, 0.25) is 0 Å². The van der Waals surface area contributed by atoms with E-state index in [1.54, 1.807) is 0 Å². The number of aliphatic hydroxyl groups is 3. The maximum atomic E-state index is 13.0. The molecule has 432 valence electrons. The third-order valence-electron chi connectivity index (χ3n) is 14.3. The van der Waals surface area contributed by atoms with Gasteiger partial charge in [-0.3, -0.25) is 9.35 Å². The zero-order valence-corrected chi connectivity index (χ0v) is 47.8. The predicted molar refractivity (Wildman–Crippen MR) is 299 cm³/mol. The number of hydrogen-bond acceptors (Lipinski definition) is 11. The van der Waals surface area contributed by atoms with E-state index in [0.717, 1.165) is 44.9 Å². The van der Waals surface area contributed by atoms with Crippen molar-refractivity contribution < 1.29 is 56.2 Å². The lowest BCUT2D eigenvalue weighted by molar-refractivity contribution is -0.301. The van der Waals surface area contributed by atoms with E-state index >= 15 is 0 Å². The fraction of sp³-hybridized carbons (Fsp3) is 0.917. The predicted octanol–water partition coefficient (Wildman–Crippen LogP) is 15.5. The van der Waals surface area contributed by atoms with Gasteiger partial charge in [0.1, 0.15) is 30.5 Å². The van der Waals surface area contributed by atoms with E-state index in [2.05, 4.69) is 42.3 Å². The molecule has 0 aromatic heterocycles. The molecule has 0 spiro atoms. The van der Waals surface area contributed by atoms with Crippen LogP contribution in [0.15, 0.2) is 24.3 Å². The Labute approximate surface area is 448 Å². The number of hydrogen-bond donors (Lipinski definition) is 4. The number of ether oxygens (including phenoxy) is 4. The van der Waals surface area contributed by atoms with Gasteiger partial charge in [0.15, 0.2) is 6.29 Å². The Morgan fingerprint density at radius 2 is 0.904 bits per heavy atom. The van der Waals surface area contributed by atoms with Crippen LogP contribution in [-0.4, -0.2) is 97.5 Å². The molecule has 1 saturated heterocycles. The van der Waals surface area contributed by atoms with Crippen molar-refractivity contribution >= 4 is 16.4 Å². The number of carbonyl (C=O) groups excluding carboxylic acids is 1. The fourth-order valence-corrected chi connectivity index (χ4v) is 10.2. The minimum atomic E-state index is -5.07. The maximum absolute atomic E-state index is 13.0. The van der Waals surface area contributed by atoms with Crippen molar-refractivity contribution in [1.82, 2.24) is 0 Å². The molecule has 0 saturated carbocycles. The van der Waals surface area contributed by atoms with Gasteiger partial charge in [0.25, 0.3) is 0 Å². The first-order valence-electron chi connectivity index (χ1n) is 30.6. The lowest BCUT2D eigenvalue weighted by atomic mass is 9.99. The van der Waals surface area contributed by atoms with E-state index in [1.807, 2.05) is 0 Å². The Hall–Kier alpha value is -1.42. The lowest BCUT2D eigenvalue weighted by Crippen LogP contribution is -2.60. The molecule has 6 atom stereocenters. The summed E-state index contributed by atoms with van der Waals surface area (Å²) in [6, 6.07) is 0. The maximum Gasteiger partial charge on any atom is 0.397 e. The molecule has 12 nitrogen and oxygen atoms in total. The van der Waals surface area contributed by atoms with Gasteiger partial charge in [-0.15, -0.1) is 0 Å². The fourth-order valence-electron chi connectivity index (χ4n) is 9.71. The van der Waals surface area contributed by atoms with Gasteiger partial charge in [-0.1, -0.05) is 263 Å². The van der Waals surface area contributed by atoms with Gasteiger partial charge in [0, 0.05) is 13.0 Å². The first-order chi connectivity index (χ1) is 35.6. The van der Waals surface area contributed by atoms with Crippen LogP contribution in [0.5, 0.6) is 0 Å². The number of allylic oxidation sites excluding steroid dienone is 4. The number of rotatable bonds is 55. The van der Waals surface area contributed by atoms with Crippen LogP contribution in [0.4, 0.5) is 0 Å². The Bertz CT molecular complexity index is 1360. The van der Waals surface area contributed by atoms with Crippen LogP contribution in [0.2, 0.25) is 0 Å². The van der Waals surface area contributed by atoms with E-state index < -0.39 is 59.8 Å². The molecule has 1 heterocycles. The molecule has 1 fully saturated rings. The molecule has 13 heteroatoms. The highest BCUT2D eigenvalue weighted by Gasteiger charge is 2.48. The van der Waals surface area contributed by atoms with Crippen molar-refractivity contribution in [1.29, 1.82) is 0 Å².